The largest absolute Gasteiger partial charge is 0.272 e. The van der Waals surface area contributed by atoms with Crippen molar-refractivity contribution in [2.75, 3.05) is 0 Å². The van der Waals surface area contributed by atoms with E-state index >= 15 is 0 Å². The fourth-order valence-corrected chi connectivity index (χ4v) is 5.45. The fourth-order valence-electron chi connectivity index (χ4n) is 2.24. The van der Waals surface area contributed by atoms with Gasteiger partial charge in [-0.2, -0.15) is 9.79 Å². The van der Waals surface area contributed by atoms with E-state index in [0.29, 0.717) is 8.85 Å². The molecule has 2 amide bonds. The molecule has 0 aliphatic carbocycles. The SMILES string of the molecule is O=C1CC(NS(=O)(=O)c2ccc(Br)s2)C(=O)N1OCc1ccccc1. The van der Waals surface area contributed by atoms with Gasteiger partial charge in [0.1, 0.15) is 16.9 Å². The van der Waals surface area contributed by atoms with Crippen molar-refractivity contribution in [3.05, 3.63) is 51.8 Å². The third-order valence-corrected chi connectivity index (χ3v) is 7.00. The number of hydroxylamine groups is 2. The fraction of sp³-hybridized carbons (Fsp3) is 0.200. The molecule has 1 atom stereocenters. The summed E-state index contributed by atoms with van der Waals surface area (Å²) in [4.78, 5) is 29.5. The van der Waals surface area contributed by atoms with Crippen molar-refractivity contribution in [3.8, 4) is 0 Å². The number of carbonyl (C=O) groups excluding carboxylic acids is 2. The lowest BCUT2D eigenvalue weighted by Gasteiger charge is -2.15. The predicted molar refractivity (Wildman–Crippen MR) is 93.8 cm³/mol. The highest BCUT2D eigenvalue weighted by Gasteiger charge is 2.42. The highest BCUT2D eigenvalue weighted by Crippen LogP contribution is 2.27. The van der Waals surface area contributed by atoms with Gasteiger partial charge < -0.3 is 0 Å². The number of amides is 2. The Morgan fingerprint density at radius 1 is 1.20 bits per heavy atom. The molecule has 0 spiro atoms. The molecule has 7 nitrogen and oxygen atoms in total. The number of sulfonamides is 1. The van der Waals surface area contributed by atoms with E-state index in [4.69, 9.17) is 4.84 Å². The van der Waals surface area contributed by atoms with Crippen LogP contribution in [0.25, 0.3) is 0 Å². The Hall–Kier alpha value is -1.59. The third kappa shape index (κ3) is 4.15. The van der Waals surface area contributed by atoms with Crippen molar-refractivity contribution in [1.29, 1.82) is 0 Å². The normalized spacial score (nSPS) is 18.1. The molecule has 1 aliphatic rings. The van der Waals surface area contributed by atoms with Crippen molar-refractivity contribution in [3.63, 3.8) is 0 Å². The standard InChI is InChI=1S/C15H13BrN2O5S2/c16-12-6-7-14(24-12)25(21,22)17-11-8-13(19)18(15(11)20)23-9-10-4-2-1-3-5-10/h1-7,11,17H,8-9H2. The summed E-state index contributed by atoms with van der Waals surface area (Å²) >= 11 is 4.20. The topological polar surface area (TPSA) is 92.8 Å². The second-order valence-electron chi connectivity index (χ2n) is 5.22. The Morgan fingerprint density at radius 2 is 1.92 bits per heavy atom. The number of rotatable bonds is 6. The van der Waals surface area contributed by atoms with Crippen molar-refractivity contribution < 1.29 is 22.8 Å². The van der Waals surface area contributed by atoms with Crippen molar-refractivity contribution in [1.82, 2.24) is 9.79 Å². The molecule has 2 heterocycles. The van der Waals surface area contributed by atoms with Crippen LogP contribution in [0.15, 0.2) is 50.5 Å². The van der Waals surface area contributed by atoms with Crippen LogP contribution in [0.5, 0.6) is 0 Å². The molecule has 1 unspecified atom stereocenters. The summed E-state index contributed by atoms with van der Waals surface area (Å²) < 4.78 is 27.6. The van der Waals surface area contributed by atoms with Gasteiger partial charge in [0.25, 0.3) is 21.8 Å². The number of benzene rings is 1. The molecule has 1 aromatic carbocycles. The minimum Gasteiger partial charge on any atom is -0.272 e. The number of hydrogen-bond donors (Lipinski definition) is 1. The molecule has 0 radical (unpaired) electrons. The first-order chi connectivity index (χ1) is 11.9. The smallest absolute Gasteiger partial charge is 0.272 e. The van der Waals surface area contributed by atoms with Gasteiger partial charge in [0.05, 0.1) is 10.2 Å². The molecular weight excluding hydrogens is 432 g/mol. The lowest BCUT2D eigenvalue weighted by Crippen LogP contribution is -2.41. The highest BCUT2D eigenvalue weighted by atomic mass is 79.9. The lowest BCUT2D eigenvalue weighted by molar-refractivity contribution is -0.191. The Bertz CT molecular complexity index is 898. The number of imide groups is 1. The maximum Gasteiger partial charge on any atom is 0.272 e. The van der Waals surface area contributed by atoms with Crippen LogP contribution in [0.1, 0.15) is 12.0 Å². The van der Waals surface area contributed by atoms with Gasteiger partial charge >= 0.3 is 0 Å². The molecule has 0 saturated carbocycles. The summed E-state index contributed by atoms with van der Waals surface area (Å²) in [5, 5.41) is 0.629. The zero-order valence-corrected chi connectivity index (χ0v) is 15.9. The highest BCUT2D eigenvalue weighted by molar-refractivity contribution is 9.11. The number of halogens is 1. The van der Waals surface area contributed by atoms with Gasteiger partial charge in [0, 0.05) is 0 Å². The Labute approximate surface area is 156 Å². The van der Waals surface area contributed by atoms with Gasteiger partial charge in [0.15, 0.2) is 0 Å². The van der Waals surface area contributed by atoms with E-state index in [2.05, 4.69) is 20.7 Å². The third-order valence-electron chi connectivity index (χ3n) is 3.42. The summed E-state index contributed by atoms with van der Waals surface area (Å²) in [5.41, 5.74) is 0.788. The van der Waals surface area contributed by atoms with E-state index in [1.807, 2.05) is 18.2 Å². The van der Waals surface area contributed by atoms with E-state index < -0.39 is 27.9 Å². The number of hydrogen-bond acceptors (Lipinski definition) is 6. The second kappa shape index (κ2) is 7.34. The van der Waals surface area contributed by atoms with Crippen molar-refractivity contribution in [2.24, 2.45) is 0 Å². The van der Waals surface area contributed by atoms with Gasteiger partial charge in [-0.3, -0.25) is 14.4 Å². The molecule has 2 aromatic rings. The van der Waals surface area contributed by atoms with E-state index in [0.717, 1.165) is 16.9 Å². The number of carbonyl (C=O) groups is 2. The number of thiophene rings is 1. The van der Waals surface area contributed by atoms with Gasteiger partial charge in [-0.05, 0) is 33.6 Å². The van der Waals surface area contributed by atoms with Crippen LogP contribution in [-0.2, 0) is 31.1 Å². The Kier molecular flexibility index (Phi) is 5.35. The Balaban J connectivity index is 1.66. The molecular formula is C15H13BrN2O5S2. The molecule has 1 aromatic heterocycles. The molecule has 1 N–H and O–H groups in total. The maximum atomic E-state index is 12.3. The summed E-state index contributed by atoms with van der Waals surface area (Å²) in [6.07, 6.45) is -0.278. The van der Waals surface area contributed by atoms with Crippen molar-refractivity contribution >= 4 is 49.1 Å². The van der Waals surface area contributed by atoms with Gasteiger partial charge in [-0.1, -0.05) is 30.3 Å². The van der Waals surface area contributed by atoms with Crippen LogP contribution in [-0.4, -0.2) is 31.3 Å². The van der Waals surface area contributed by atoms with E-state index in [9.17, 15) is 18.0 Å². The van der Waals surface area contributed by atoms with Crippen LogP contribution in [0.4, 0.5) is 0 Å². The summed E-state index contributed by atoms with van der Waals surface area (Å²) in [6, 6.07) is 10.9. The van der Waals surface area contributed by atoms with E-state index in [1.54, 1.807) is 18.2 Å². The lowest BCUT2D eigenvalue weighted by atomic mass is 10.2. The van der Waals surface area contributed by atoms with Gasteiger partial charge in [0.2, 0.25) is 0 Å². The molecule has 132 valence electrons. The average molecular weight is 445 g/mol. The molecule has 0 bridgehead atoms. The molecule has 25 heavy (non-hydrogen) atoms. The van der Waals surface area contributed by atoms with Gasteiger partial charge in [-0.25, -0.2) is 8.42 Å². The maximum absolute atomic E-state index is 12.3. The summed E-state index contributed by atoms with van der Waals surface area (Å²) in [7, 11) is -3.89. The summed E-state index contributed by atoms with van der Waals surface area (Å²) in [5.74, 6) is -1.30. The molecule has 1 fully saturated rings. The van der Waals surface area contributed by atoms with Crippen LogP contribution in [0.3, 0.4) is 0 Å². The van der Waals surface area contributed by atoms with Crippen LogP contribution < -0.4 is 4.72 Å². The zero-order valence-electron chi connectivity index (χ0n) is 12.7. The van der Waals surface area contributed by atoms with Crippen molar-refractivity contribution in [2.45, 2.75) is 23.3 Å². The first kappa shape index (κ1) is 18.2. The second-order valence-corrected chi connectivity index (χ2v) is 9.63. The molecule has 10 heteroatoms. The zero-order chi connectivity index (χ0) is 18.0. The average Bonchev–Trinajstić information content (AvgIpc) is 3.12. The molecule has 1 saturated heterocycles. The molecule has 3 rings (SSSR count). The minimum atomic E-state index is -3.89. The number of nitrogens with one attached hydrogen (secondary N) is 1. The first-order valence-electron chi connectivity index (χ1n) is 7.18. The van der Waals surface area contributed by atoms with Crippen LogP contribution >= 0.6 is 27.3 Å². The quantitative estimate of drug-likeness (QED) is 0.688. The Morgan fingerprint density at radius 3 is 2.56 bits per heavy atom. The van der Waals surface area contributed by atoms with Crippen LogP contribution in [0.2, 0.25) is 0 Å². The monoisotopic (exact) mass is 444 g/mol. The molecule has 1 aliphatic heterocycles. The van der Waals surface area contributed by atoms with Gasteiger partial charge in [-0.15, -0.1) is 11.3 Å². The number of nitrogens with zero attached hydrogens (tertiary/aromatic N) is 1. The van der Waals surface area contributed by atoms with E-state index in [-0.39, 0.29) is 17.2 Å². The van der Waals surface area contributed by atoms with E-state index in [1.165, 1.54) is 6.07 Å². The van der Waals surface area contributed by atoms with Crippen LogP contribution in [0, 0.1) is 0 Å². The first-order valence-corrected chi connectivity index (χ1v) is 10.3. The minimum absolute atomic E-state index is 0.0374. The summed E-state index contributed by atoms with van der Waals surface area (Å²) in [6.45, 7) is 0.0374. The predicted octanol–water partition coefficient (Wildman–Crippen LogP) is 2.05.